The van der Waals surface area contributed by atoms with Crippen molar-refractivity contribution in [1.82, 2.24) is 0 Å². The molecule has 0 spiro atoms. The first kappa shape index (κ1) is 9.21. The van der Waals surface area contributed by atoms with Crippen molar-refractivity contribution in [3.63, 3.8) is 0 Å². The van der Waals surface area contributed by atoms with Crippen LogP contribution >= 0.6 is 0 Å². The van der Waals surface area contributed by atoms with Gasteiger partial charge in [0.25, 0.3) is 0 Å². The van der Waals surface area contributed by atoms with Crippen LogP contribution in [0.25, 0.3) is 0 Å². The summed E-state index contributed by atoms with van der Waals surface area (Å²) < 4.78 is 5.45. The molecule has 1 aliphatic rings. The molecule has 1 atom stereocenters. The van der Waals surface area contributed by atoms with Crippen molar-refractivity contribution < 1.29 is 14.6 Å². The molecule has 74 valence electrons. The van der Waals surface area contributed by atoms with E-state index in [0.29, 0.717) is 18.6 Å². The van der Waals surface area contributed by atoms with Crippen molar-refractivity contribution in [2.45, 2.75) is 26.1 Å². The fourth-order valence-corrected chi connectivity index (χ4v) is 1.79. The third-order valence-corrected chi connectivity index (χ3v) is 2.52. The molecule has 0 radical (unpaired) electrons. The lowest BCUT2D eigenvalue weighted by Gasteiger charge is -2.23. The van der Waals surface area contributed by atoms with Gasteiger partial charge in [-0.1, -0.05) is 12.1 Å². The van der Waals surface area contributed by atoms with Crippen molar-refractivity contribution in [3.05, 3.63) is 34.9 Å². The van der Waals surface area contributed by atoms with E-state index >= 15 is 0 Å². The molecule has 0 aliphatic carbocycles. The molecule has 1 aliphatic heterocycles. The number of carbonyl (C=O) groups is 1. The highest BCUT2D eigenvalue weighted by atomic mass is 16.5. The van der Waals surface area contributed by atoms with E-state index < -0.39 is 5.97 Å². The summed E-state index contributed by atoms with van der Waals surface area (Å²) in [6.45, 7) is 2.49. The maximum atomic E-state index is 10.9. The van der Waals surface area contributed by atoms with E-state index in [2.05, 4.69) is 0 Å². The van der Waals surface area contributed by atoms with Gasteiger partial charge in [-0.05, 0) is 30.5 Å². The zero-order chi connectivity index (χ0) is 10.1. The molecule has 1 heterocycles. The Balaban J connectivity index is 2.48. The van der Waals surface area contributed by atoms with Crippen molar-refractivity contribution in [3.8, 4) is 0 Å². The zero-order valence-corrected chi connectivity index (χ0v) is 7.99. The van der Waals surface area contributed by atoms with Crippen LogP contribution in [0.3, 0.4) is 0 Å². The van der Waals surface area contributed by atoms with Gasteiger partial charge >= 0.3 is 5.97 Å². The normalized spacial score (nSPS) is 20.2. The van der Waals surface area contributed by atoms with Crippen molar-refractivity contribution >= 4 is 5.97 Å². The van der Waals surface area contributed by atoms with Crippen molar-refractivity contribution in [1.29, 1.82) is 0 Å². The minimum atomic E-state index is -0.851. The average Bonchev–Trinajstić information content (AvgIpc) is 2.16. The average molecular weight is 192 g/mol. The molecule has 0 bridgehead atoms. The number of benzene rings is 1. The van der Waals surface area contributed by atoms with Crippen LogP contribution in [0.2, 0.25) is 0 Å². The Labute approximate surface area is 82.3 Å². The maximum absolute atomic E-state index is 10.9. The van der Waals surface area contributed by atoms with Crippen LogP contribution < -0.4 is 0 Å². The molecule has 1 aromatic carbocycles. The van der Waals surface area contributed by atoms with Gasteiger partial charge in [0, 0.05) is 0 Å². The number of fused-ring (bicyclic) bond motifs is 1. The lowest BCUT2D eigenvalue weighted by molar-refractivity contribution is 0.0402. The second-order valence-electron chi connectivity index (χ2n) is 3.57. The molecule has 2 rings (SSSR count). The van der Waals surface area contributed by atoms with Crippen LogP contribution in [0.5, 0.6) is 0 Å². The highest BCUT2D eigenvalue weighted by Crippen LogP contribution is 2.23. The van der Waals surface area contributed by atoms with Crippen LogP contribution in [0, 0.1) is 0 Å². The Bertz CT molecular complexity index is 371. The molecule has 0 saturated carbocycles. The summed E-state index contributed by atoms with van der Waals surface area (Å²) in [5, 5.41) is 8.99. The molecule has 1 unspecified atom stereocenters. The van der Waals surface area contributed by atoms with Gasteiger partial charge < -0.3 is 9.84 Å². The number of carboxylic acids is 1. The van der Waals surface area contributed by atoms with Crippen molar-refractivity contribution in [2.75, 3.05) is 0 Å². The first-order chi connectivity index (χ1) is 6.68. The number of hydrogen-bond acceptors (Lipinski definition) is 2. The molecule has 1 N–H and O–H groups in total. The van der Waals surface area contributed by atoms with Gasteiger partial charge in [0.15, 0.2) is 0 Å². The van der Waals surface area contributed by atoms with Gasteiger partial charge in [-0.3, -0.25) is 0 Å². The van der Waals surface area contributed by atoms with E-state index in [0.717, 1.165) is 11.1 Å². The van der Waals surface area contributed by atoms with E-state index in [1.807, 2.05) is 13.0 Å². The predicted octanol–water partition coefficient (Wildman–Crippen LogP) is 1.85. The summed E-state index contributed by atoms with van der Waals surface area (Å²) in [5.74, 6) is -0.851. The summed E-state index contributed by atoms with van der Waals surface area (Å²) in [4.78, 5) is 10.9. The number of rotatable bonds is 1. The second-order valence-corrected chi connectivity index (χ2v) is 3.57. The van der Waals surface area contributed by atoms with Crippen molar-refractivity contribution in [2.24, 2.45) is 0 Å². The lowest BCUT2D eigenvalue weighted by Crippen LogP contribution is -2.21. The van der Waals surface area contributed by atoms with Crippen LogP contribution in [-0.4, -0.2) is 17.2 Å². The third kappa shape index (κ3) is 1.51. The summed E-state index contributed by atoms with van der Waals surface area (Å²) in [7, 11) is 0. The van der Waals surface area contributed by atoms with E-state index in [1.165, 1.54) is 0 Å². The molecular formula is C11H12O3. The van der Waals surface area contributed by atoms with Gasteiger partial charge in [-0.2, -0.15) is 0 Å². The Kier molecular flexibility index (Phi) is 2.25. The molecule has 0 aromatic heterocycles. The summed E-state index contributed by atoms with van der Waals surface area (Å²) in [5.41, 5.74) is 2.35. The molecule has 0 saturated heterocycles. The first-order valence-electron chi connectivity index (χ1n) is 4.64. The zero-order valence-electron chi connectivity index (χ0n) is 7.99. The van der Waals surface area contributed by atoms with Gasteiger partial charge in [-0.15, -0.1) is 0 Å². The Morgan fingerprint density at radius 2 is 2.36 bits per heavy atom. The molecule has 0 fully saturated rings. The van der Waals surface area contributed by atoms with Crippen LogP contribution in [-0.2, 0) is 17.8 Å². The van der Waals surface area contributed by atoms with E-state index in [-0.39, 0.29) is 6.10 Å². The minimum absolute atomic E-state index is 0.114. The summed E-state index contributed by atoms with van der Waals surface area (Å²) in [6.07, 6.45) is 0.806. The van der Waals surface area contributed by atoms with E-state index in [1.54, 1.807) is 12.1 Å². The second kappa shape index (κ2) is 3.42. The molecule has 0 amide bonds. The van der Waals surface area contributed by atoms with Gasteiger partial charge in [0.05, 0.1) is 18.3 Å². The van der Waals surface area contributed by atoms with Gasteiger partial charge in [-0.25, -0.2) is 4.79 Å². The summed E-state index contributed by atoms with van der Waals surface area (Å²) in [6, 6.07) is 5.34. The van der Waals surface area contributed by atoms with Gasteiger partial charge in [0.2, 0.25) is 0 Å². The SMILES string of the molecule is CC1Cc2c(cccc2C(=O)O)CO1. The highest BCUT2D eigenvalue weighted by molar-refractivity contribution is 5.89. The molecule has 3 nitrogen and oxygen atoms in total. The van der Waals surface area contributed by atoms with E-state index in [4.69, 9.17) is 9.84 Å². The quantitative estimate of drug-likeness (QED) is 0.738. The molecular weight excluding hydrogens is 180 g/mol. The van der Waals surface area contributed by atoms with Gasteiger partial charge in [0.1, 0.15) is 0 Å². The number of carboxylic acid groups (broad SMARTS) is 1. The number of aromatic carboxylic acids is 1. The van der Waals surface area contributed by atoms with Crippen LogP contribution in [0.4, 0.5) is 0 Å². The Hall–Kier alpha value is -1.35. The fourth-order valence-electron chi connectivity index (χ4n) is 1.79. The third-order valence-electron chi connectivity index (χ3n) is 2.52. The highest BCUT2D eigenvalue weighted by Gasteiger charge is 2.20. The predicted molar refractivity (Wildman–Crippen MR) is 51.4 cm³/mol. The molecule has 14 heavy (non-hydrogen) atoms. The van der Waals surface area contributed by atoms with Crippen LogP contribution in [0.15, 0.2) is 18.2 Å². The standard InChI is InChI=1S/C11H12O3/c1-7-5-10-8(6-14-7)3-2-4-9(10)11(12)13/h2-4,7H,5-6H2,1H3,(H,12,13). The fraction of sp³-hybridized carbons (Fsp3) is 0.364. The number of hydrogen-bond donors (Lipinski definition) is 1. The molecule has 1 aromatic rings. The maximum Gasteiger partial charge on any atom is 0.335 e. The lowest BCUT2D eigenvalue weighted by atomic mass is 9.94. The monoisotopic (exact) mass is 192 g/mol. The Morgan fingerprint density at radius 3 is 3.07 bits per heavy atom. The molecule has 3 heteroatoms. The van der Waals surface area contributed by atoms with Crippen LogP contribution in [0.1, 0.15) is 28.4 Å². The smallest absolute Gasteiger partial charge is 0.335 e. The largest absolute Gasteiger partial charge is 0.478 e. The summed E-state index contributed by atoms with van der Waals surface area (Å²) >= 11 is 0. The topological polar surface area (TPSA) is 46.5 Å². The first-order valence-corrected chi connectivity index (χ1v) is 4.64. The minimum Gasteiger partial charge on any atom is -0.478 e. The Morgan fingerprint density at radius 1 is 1.57 bits per heavy atom. The van der Waals surface area contributed by atoms with E-state index in [9.17, 15) is 4.79 Å². The number of ether oxygens (including phenoxy) is 1.